The van der Waals surface area contributed by atoms with Crippen molar-refractivity contribution in [3.8, 4) is 0 Å². The Morgan fingerprint density at radius 2 is 2.12 bits per heavy atom. The summed E-state index contributed by atoms with van der Waals surface area (Å²) in [5.41, 5.74) is 0. The van der Waals surface area contributed by atoms with Crippen molar-refractivity contribution in [3.63, 3.8) is 0 Å². The van der Waals surface area contributed by atoms with Crippen LogP contribution in [-0.2, 0) is 9.47 Å². The SMILES string of the molecule is CCC1CC(O)OC2NC(OC)NC(O)C12. The molecule has 0 radical (unpaired) electrons. The summed E-state index contributed by atoms with van der Waals surface area (Å²) in [4.78, 5) is 0. The summed E-state index contributed by atoms with van der Waals surface area (Å²) < 4.78 is 10.5. The molecule has 2 aliphatic heterocycles. The van der Waals surface area contributed by atoms with Gasteiger partial charge in [-0.3, -0.25) is 10.6 Å². The molecule has 6 unspecified atom stereocenters. The molecule has 2 rings (SSSR count). The predicted octanol–water partition coefficient (Wildman–Crippen LogP) is -0.865. The Hall–Kier alpha value is -0.240. The number of nitrogens with one attached hydrogen (secondary N) is 2. The van der Waals surface area contributed by atoms with Crippen molar-refractivity contribution in [2.75, 3.05) is 7.11 Å². The molecule has 6 atom stereocenters. The topological polar surface area (TPSA) is 83.0 Å². The number of hydrogen-bond acceptors (Lipinski definition) is 6. The lowest BCUT2D eigenvalue weighted by molar-refractivity contribution is -0.259. The number of rotatable bonds is 2. The van der Waals surface area contributed by atoms with Crippen molar-refractivity contribution < 1.29 is 19.7 Å². The molecule has 2 saturated heterocycles. The third kappa shape index (κ3) is 2.22. The Morgan fingerprint density at radius 3 is 2.75 bits per heavy atom. The maximum atomic E-state index is 10.0. The smallest absolute Gasteiger partial charge is 0.167 e. The van der Waals surface area contributed by atoms with E-state index >= 15 is 0 Å². The molecule has 0 aromatic heterocycles. The third-order valence-electron chi connectivity index (χ3n) is 3.46. The van der Waals surface area contributed by atoms with Crippen LogP contribution in [-0.4, -0.2) is 42.4 Å². The van der Waals surface area contributed by atoms with E-state index in [1.807, 2.05) is 0 Å². The van der Waals surface area contributed by atoms with Gasteiger partial charge in [0.25, 0.3) is 0 Å². The molecule has 0 aromatic carbocycles. The second-order valence-corrected chi connectivity index (χ2v) is 4.39. The van der Waals surface area contributed by atoms with Gasteiger partial charge in [0.15, 0.2) is 12.6 Å². The van der Waals surface area contributed by atoms with Crippen LogP contribution in [0.3, 0.4) is 0 Å². The van der Waals surface area contributed by atoms with E-state index in [1.165, 1.54) is 7.11 Å². The number of hydrogen-bond donors (Lipinski definition) is 4. The van der Waals surface area contributed by atoms with E-state index in [9.17, 15) is 10.2 Å². The standard InChI is InChI=1S/C10H20N2O4/c1-3-5-4-6(13)16-9-7(5)8(14)11-10(12-9)15-2/h5-14H,3-4H2,1-2H3. The molecule has 2 fully saturated rings. The minimum absolute atomic E-state index is 0.0557. The molecule has 0 spiro atoms. The van der Waals surface area contributed by atoms with Crippen LogP contribution in [0.15, 0.2) is 0 Å². The van der Waals surface area contributed by atoms with E-state index in [1.54, 1.807) is 0 Å². The molecule has 0 aromatic rings. The first-order valence-corrected chi connectivity index (χ1v) is 5.72. The largest absolute Gasteiger partial charge is 0.378 e. The van der Waals surface area contributed by atoms with Crippen molar-refractivity contribution in [2.45, 2.75) is 44.9 Å². The molecule has 2 heterocycles. The lowest BCUT2D eigenvalue weighted by Crippen LogP contribution is -2.68. The maximum Gasteiger partial charge on any atom is 0.167 e. The van der Waals surface area contributed by atoms with E-state index in [-0.39, 0.29) is 18.1 Å². The molecule has 2 aliphatic rings. The fourth-order valence-corrected chi connectivity index (χ4v) is 2.59. The van der Waals surface area contributed by atoms with E-state index in [4.69, 9.17) is 9.47 Å². The van der Waals surface area contributed by atoms with E-state index < -0.39 is 18.9 Å². The Kier molecular flexibility index (Phi) is 3.78. The van der Waals surface area contributed by atoms with Crippen molar-refractivity contribution >= 4 is 0 Å². The number of fused-ring (bicyclic) bond motifs is 1. The summed E-state index contributed by atoms with van der Waals surface area (Å²) in [6.45, 7) is 2.05. The zero-order valence-electron chi connectivity index (χ0n) is 9.59. The highest BCUT2D eigenvalue weighted by Crippen LogP contribution is 2.34. The molecule has 6 heteroatoms. The molecule has 0 bridgehead atoms. The highest BCUT2D eigenvalue weighted by atomic mass is 16.6. The predicted molar refractivity (Wildman–Crippen MR) is 55.8 cm³/mol. The minimum atomic E-state index is -0.762. The zero-order valence-corrected chi connectivity index (χ0v) is 9.59. The van der Waals surface area contributed by atoms with Gasteiger partial charge in [-0.25, -0.2) is 0 Å². The summed E-state index contributed by atoms with van der Waals surface area (Å²) in [7, 11) is 1.54. The Morgan fingerprint density at radius 1 is 1.38 bits per heavy atom. The van der Waals surface area contributed by atoms with Crippen LogP contribution in [0.4, 0.5) is 0 Å². The summed E-state index contributed by atoms with van der Waals surface area (Å²) >= 11 is 0. The van der Waals surface area contributed by atoms with Gasteiger partial charge in [-0.05, 0) is 5.92 Å². The fourth-order valence-electron chi connectivity index (χ4n) is 2.59. The van der Waals surface area contributed by atoms with Crippen LogP contribution in [0.1, 0.15) is 19.8 Å². The Labute approximate surface area is 94.9 Å². The first-order chi connectivity index (χ1) is 7.65. The second-order valence-electron chi connectivity index (χ2n) is 4.39. The van der Waals surface area contributed by atoms with Crippen molar-refractivity contribution in [1.29, 1.82) is 0 Å². The second kappa shape index (κ2) is 4.95. The Balaban J connectivity index is 2.10. The van der Waals surface area contributed by atoms with Crippen molar-refractivity contribution in [2.24, 2.45) is 11.8 Å². The fraction of sp³-hybridized carbons (Fsp3) is 1.00. The molecule has 0 saturated carbocycles. The lowest BCUT2D eigenvalue weighted by Gasteiger charge is -2.47. The highest BCUT2D eigenvalue weighted by Gasteiger charge is 2.45. The summed E-state index contributed by atoms with van der Waals surface area (Å²) in [5, 5.41) is 25.6. The summed E-state index contributed by atoms with van der Waals surface area (Å²) in [6, 6.07) is 0. The van der Waals surface area contributed by atoms with Gasteiger partial charge in [0, 0.05) is 19.4 Å². The van der Waals surface area contributed by atoms with Gasteiger partial charge in [-0.15, -0.1) is 0 Å². The van der Waals surface area contributed by atoms with Gasteiger partial charge < -0.3 is 19.7 Å². The zero-order chi connectivity index (χ0) is 11.7. The van der Waals surface area contributed by atoms with Gasteiger partial charge >= 0.3 is 0 Å². The first-order valence-electron chi connectivity index (χ1n) is 5.72. The van der Waals surface area contributed by atoms with Gasteiger partial charge in [0.05, 0.1) is 0 Å². The molecule has 16 heavy (non-hydrogen) atoms. The quantitative estimate of drug-likeness (QED) is 0.496. The van der Waals surface area contributed by atoms with Gasteiger partial charge in [-0.2, -0.15) is 0 Å². The Bertz CT molecular complexity index is 241. The van der Waals surface area contributed by atoms with Crippen LogP contribution in [0.5, 0.6) is 0 Å². The minimum Gasteiger partial charge on any atom is -0.378 e. The van der Waals surface area contributed by atoms with Crippen LogP contribution in [0, 0.1) is 11.8 Å². The van der Waals surface area contributed by atoms with Gasteiger partial charge in [0.1, 0.15) is 12.5 Å². The molecule has 0 aliphatic carbocycles. The van der Waals surface area contributed by atoms with E-state index in [0.29, 0.717) is 6.42 Å². The molecule has 0 amide bonds. The first kappa shape index (κ1) is 12.2. The molecule has 6 nitrogen and oxygen atoms in total. The molecular weight excluding hydrogens is 212 g/mol. The van der Waals surface area contributed by atoms with E-state index in [2.05, 4.69) is 17.6 Å². The van der Waals surface area contributed by atoms with Crippen LogP contribution < -0.4 is 10.6 Å². The summed E-state index contributed by atoms with van der Waals surface area (Å²) in [6.07, 6.45) is -0.779. The van der Waals surface area contributed by atoms with Crippen molar-refractivity contribution in [1.82, 2.24) is 10.6 Å². The van der Waals surface area contributed by atoms with Crippen LogP contribution in [0.25, 0.3) is 0 Å². The van der Waals surface area contributed by atoms with Crippen LogP contribution in [0.2, 0.25) is 0 Å². The molecular formula is C10H20N2O4. The number of aliphatic hydroxyl groups is 2. The maximum absolute atomic E-state index is 10.0. The normalized spacial score (nSPS) is 48.8. The summed E-state index contributed by atoms with van der Waals surface area (Å²) in [5.74, 6) is 0.182. The number of methoxy groups -OCH3 is 1. The number of aliphatic hydroxyl groups excluding tert-OH is 2. The molecule has 4 N–H and O–H groups in total. The van der Waals surface area contributed by atoms with E-state index in [0.717, 1.165) is 6.42 Å². The van der Waals surface area contributed by atoms with Crippen molar-refractivity contribution in [3.05, 3.63) is 0 Å². The number of ether oxygens (including phenoxy) is 2. The lowest BCUT2D eigenvalue weighted by atomic mass is 9.81. The average molecular weight is 232 g/mol. The molecule has 94 valence electrons. The monoisotopic (exact) mass is 232 g/mol. The van der Waals surface area contributed by atoms with Gasteiger partial charge in [0.2, 0.25) is 0 Å². The average Bonchev–Trinajstić information content (AvgIpc) is 2.26. The van der Waals surface area contributed by atoms with Crippen LogP contribution >= 0.6 is 0 Å². The highest BCUT2D eigenvalue weighted by molar-refractivity contribution is 4.89. The third-order valence-corrected chi connectivity index (χ3v) is 3.46. The van der Waals surface area contributed by atoms with Gasteiger partial charge in [-0.1, -0.05) is 13.3 Å².